The number of carboxylic acids is 1. The number of carbonyl (C=O) groups is 1. The van der Waals surface area contributed by atoms with E-state index in [1.165, 1.54) is 6.42 Å². The van der Waals surface area contributed by atoms with Gasteiger partial charge in [-0.3, -0.25) is 4.79 Å². The summed E-state index contributed by atoms with van der Waals surface area (Å²) in [5.41, 5.74) is 1.85. The summed E-state index contributed by atoms with van der Waals surface area (Å²) in [5, 5.41) is 30.7. The molecule has 0 saturated heterocycles. The Morgan fingerprint density at radius 3 is 2.32 bits per heavy atom. The van der Waals surface area contributed by atoms with Crippen LogP contribution >= 0.6 is 0 Å². The maximum Gasteiger partial charge on any atom is 0.305 e. The molecule has 5 aliphatic rings. The van der Waals surface area contributed by atoms with E-state index in [0.29, 0.717) is 24.4 Å². The van der Waals surface area contributed by atoms with Crippen molar-refractivity contribution in [2.45, 2.75) is 125 Å². The summed E-state index contributed by atoms with van der Waals surface area (Å²) in [7, 11) is 0. The van der Waals surface area contributed by atoms with Crippen molar-refractivity contribution in [1.82, 2.24) is 0 Å². The summed E-state index contributed by atoms with van der Waals surface area (Å²) >= 11 is 0. The summed E-state index contributed by atoms with van der Waals surface area (Å²) in [5.74, 6) is 0.557. The molecule has 0 aliphatic heterocycles. The van der Waals surface area contributed by atoms with Crippen molar-refractivity contribution < 1.29 is 24.9 Å². The second kappa shape index (κ2) is 9.05. The summed E-state index contributed by atoms with van der Waals surface area (Å²) in [6.45, 7) is 17.3. The van der Waals surface area contributed by atoms with E-state index in [2.05, 4.69) is 54.5 Å². The maximum atomic E-state index is 11.2. The Bertz CT molecular complexity index is 988. The molecule has 0 aromatic heterocycles. The van der Waals surface area contributed by atoms with Crippen LogP contribution in [0.3, 0.4) is 0 Å². The smallest absolute Gasteiger partial charge is 0.305 e. The molecule has 38 heavy (non-hydrogen) atoms. The first kappa shape index (κ1) is 28.6. The number of aliphatic carboxylic acids is 1. The lowest BCUT2D eigenvalue weighted by Gasteiger charge is -2.71. The van der Waals surface area contributed by atoms with E-state index in [1.807, 2.05) is 0 Å². The van der Waals surface area contributed by atoms with E-state index >= 15 is 0 Å². The Morgan fingerprint density at radius 2 is 1.66 bits per heavy atom. The van der Waals surface area contributed by atoms with Gasteiger partial charge in [-0.2, -0.15) is 0 Å². The third kappa shape index (κ3) is 3.84. The van der Waals surface area contributed by atoms with E-state index < -0.39 is 17.5 Å². The highest BCUT2D eigenvalue weighted by molar-refractivity contribution is 5.66. The SMILES string of the molecule is CC1(C)C[C@H](OCCC(=O)O)[C@]2(C)CC[C@]3(C)C(=CCC4[C@@]5(C)CC[C@H](O)[C@](C)(CO)C5CC[C@]43C)[C@@H]2C1. The molecule has 5 rings (SSSR count). The van der Waals surface area contributed by atoms with Crippen LogP contribution in [0.2, 0.25) is 0 Å². The lowest BCUT2D eigenvalue weighted by molar-refractivity contribution is -0.220. The van der Waals surface area contributed by atoms with Crippen LogP contribution in [-0.4, -0.2) is 46.7 Å². The van der Waals surface area contributed by atoms with Gasteiger partial charge < -0.3 is 20.1 Å². The summed E-state index contributed by atoms with van der Waals surface area (Å²) < 4.78 is 6.42. The molecule has 0 spiro atoms. The topological polar surface area (TPSA) is 87.0 Å². The fourth-order valence-electron chi connectivity index (χ4n) is 11.2. The number of carboxylic acid groups (broad SMARTS) is 1. The van der Waals surface area contributed by atoms with Gasteiger partial charge in [0.05, 0.1) is 31.8 Å². The van der Waals surface area contributed by atoms with Gasteiger partial charge in [-0.05, 0) is 97.2 Å². The molecule has 0 aromatic carbocycles. The fourth-order valence-corrected chi connectivity index (χ4v) is 11.2. The molecule has 3 N–H and O–H groups in total. The van der Waals surface area contributed by atoms with Gasteiger partial charge in [0.1, 0.15) is 0 Å². The second-order valence-corrected chi connectivity index (χ2v) is 16.1. The number of hydrogen-bond donors (Lipinski definition) is 3. The Labute approximate surface area is 230 Å². The average Bonchev–Trinajstić information content (AvgIpc) is 2.83. The summed E-state index contributed by atoms with van der Waals surface area (Å²) in [6.07, 6.45) is 12.0. The highest BCUT2D eigenvalue weighted by Gasteiger charge is 2.69. The van der Waals surface area contributed by atoms with Crippen molar-refractivity contribution in [2.75, 3.05) is 13.2 Å². The molecule has 0 heterocycles. The number of fused-ring (bicyclic) bond motifs is 7. The minimum absolute atomic E-state index is 0.0358. The Balaban J connectivity index is 1.52. The van der Waals surface area contributed by atoms with E-state index in [4.69, 9.17) is 4.74 Å². The third-order valence-electron chi connectivity index (χ3n) is 13.8. The van der Waals surface area contributed by atoms with Gasteiger partial charge in [-0.25, -0.2) is 0 Å². The zero-order valence-corrected chi connectivity index (χ0v) is 25.1. The van der Waals surface area contributed by atoms with E-state index in [9.17, 15) is 20.1 Å². The van der Waals surface area contributed by atoms with Crippen LogP contribution in [0.25, 0.3) is 0 Å². The van der Waals surface area contributed by atoms with Crippen molar-refractivity contribution in [3.8, 4) is 0 Å². The molecular formula is C33H54O5. The average molecular weight is 531 g/mol. The Kier molecular flexibility index (Phi) is 6.81. The summed E-state index contributed by atoms with van der Waals surface area (Å²) in [6, 6.07) is 0. The molecular weight excluding hydrogens is 476 g/mol. The molecule has 5 aliphatic carbocycles. The Morgan fingerprint density at radius 1 is 0.947 bits per heavy atom. The number of aliphatic hydroxyl groups is 2. The zero-order valence-electron chi connectivity index (χ0n) is 25.1. The van der Waals surface area contributed by atoms with Crippen LogP contribution in [0, 0.1) is 50.2 Å². The molecule has 4 saturated carbocycles. The van der Waals surface area contributed by atoms with Crippen molar-refractivity contribution in [3.05, 3.63) is 11.6 Å². The first-order valence-corrected chi connectivity index (χ1v) is 15.4. The van der Waals surface area contributed by atoms with E-state index in [0.717, 1.165) is 51.4 Å². The molecule has 0 radical (unpaired) electrons. The quantitative estimate of drug-likeness (QED) is 0.348. The molecule has 0 amide bonds. The number of ether oxygens (including phenoxy) is 1. The monoisotopic (exact) mass is 530 g/mol. The van der Waals surface area contributed by atoms with Crippen molar-refractivity contribution >= 4 is 5.97 Å². The predicted molar refractivity (Wildman–Crippen MR) is 150 cm³/mol. The fraction of sp³-hybridized carbons (Fsp3) is 0.909. The predicted octanol–water partition coefficient (Wildman–Crippen LogP) is 6.61. The van der Waals surface area contributed by atoms with Crippen LogP contribution in [-0.2, 0) is 9.53 Å². The highest BCUT2D eigenvalue weighted by atomic mass is 16.5. The van der Waals surface area contributed by atoms with Gasteiger partial charge >= 0.3 is 5.97 Å². The summed E-state index contributed by atoms with van der Waals surface area (Å²) in [4.78, 5) is 11.2. The second-order valence-electron chi connectivity index (χ2n) is 16.1. The largest absolute Gasteiger partial charge is 0.481 e. The zero-order chi connectivity index (χ0) is 27.9. The van der Waals surface area contributed by atoms with E-state index in [1.54, 1.807) is 5.57 Å². The van der Waals surface area contributed by atoms with Gasteiger partial charge in [-0.15, -0.1) is 0 Å². The van der Waals surface area contributed by atoms with Crippen LogP contribution in [0.4, 0.5) is 0 Å². The molecule has 5 nitrogen and oxygen atoms in total. The molecule has 216 valence electrons. The minimum Gasteiger partial charge on any atom is -0.481 e. The van der Waals surface area contributed by atoms with Gasteiger partial charge in [-0.1, -0.05) is 60.1 Å². The van der Waals surface area contributed by atoms with Crippen molar-refractivity contribution in [1.29, 1.82) is 0 Å². The Hall–Kier alpha value is -0.910. The van der Waals surface area contributed by atoms with Crippen LogP contribution < -0.4 is 0 Å². The normalized spacial score (nSPS) is 51.6. The molecule has 10 atom stereocenters. The highest BCUT2D eigenvalue weighted by Crippen LogP contribution is 2.75. The first-order valence-electron chi connectivity index (χ1n) is 15.4. The lowest BCUT2D eigenvalue weighted by Crippen LogP contribution is -2.66. The van der Waals surface area contributed by atoms with Crippen molar-refractivity contribution in [3.63, 3.8) is 0 Å². The van der Waals surface area contributed by atoms with Gasteiger partial charge in [0.25, 0.3) is 0 Å². The lowest BCUT2D eigenvalue weighted by atomic mass is 9.33. The van der Waals surface area contributed by atoms with Crippen LogP contribution in [0.5, 0.6) is 0 Å². The number of allylic oxidation sites excluding steroid dienone is 2. The number of rotatable bonds is 5. The van der Waals surface area contributed by atoms with Crippen LogP contribution in [0.15, 0.2) is 11.6 Å². The standard InChI is InChI=1S/C33H54O5/c1-28(2)18-22-21-8-9-24-30(4)13-11-25(35)31(5,20-34)23(30)10-14-33(24,7)32(21,6)16-15-29(22,3)26(19-28)38-17-12-27(36)37/h8,22-26,34-35H,9-20H2,1-7H3,(H,36,37)/t22-,23?,24?,25-,26-,29+,30-,31+,32+,33+/m0/s1. The maximum absolute atomic E-state index is 11.2. The molecule has 2 unspecified atom stereocenters. The minimum atomic E-state index is -0.788. The van der Waals surface area contributed by atoms with Gasteiger partial charge in [0, 0.05) is 10.8 Å². The third-order valence-corrected chi connectivity index (χ3v) is 13.8. The molecule has 0 bridgehead atoms. The first-order chi connectivity index (χ1) is 17.6. The number of hydrogen-bond acceptors (Lipinski definition) is 4. The molecule has 0 aromatic rings. The van der Waals surface area contributed by atoms with Gasteiger partial charge in [0.15, 0.2) is 0 Å². The molecule has 4 fully saturated rings. The molecule has 5 heteroatoms. The van der Waals surface area contributed by atoms with Crippen molar-refractivity contribution in [2.24, 2.45) is 50.2 Å². The van der Waals surface area contributed by atoms with Gasteiger partial charge in [0.2, 0.25) is 0 Å². The van der Waals surface area contributed by atoms with E-state index in [-0.39, 0.29) is 46.2 Å². The van der Waals surface area contributed by atoms with Crippen LogP contribution in [0.1, 0.15) is 113 Å². The number of aliphatic hydroxyl groups excluding tert-OH is 2.